The zero-order chi connectivity index (χ0) is 18.1. The smallest absolute Gasteiger partial charge is 0.241 e. The first-order valence-electron chi connectivity index (χ1n) is 8.59. The van der Waals surface area contributed by atoms with Crippen molar-refractivity contribution in [3.8, 4) is 0 Å². The van der Waals surface area contributed by atoms with Crippen LogP contribution in [0.3, 0.4) is 0 Å². The van der Waals surface area contributed by atoms with Crippen LogP contribution >= 0.6 is 24.0 Å². The van der Waals surface area contributed by atoms with Gasteiger partial charge in [0.05, 0.1) is 10.9 Å². The van der Waals surface area contributed by atoms with Gasteiger partial charge in [-0.2, -0.15) is 4.72 Å². The third-order valence-corrected chi connectivity index (χ3v) is 7.10. The van der Waals surface area contributed by atoms with E-state index in [1.165, 1.54) is 24.3 Å². The molecule has 1 atom stereocenters. The molecule has 0 bridgehead atoms. The molecule has 2 aliphatic rings. The Hall–Kier alpha value is -0.860. The van der Waals surface area contributed by atoms with Crippen molar-refractivity contribution in [3.63, 3.8) is 0 Å². The maximum Gasteiger partial charge on any atom is 0.241 e. The van der Waals surface area contributed by atoms with Gasteiger partial charge in [0.1, 0.15) is 0 Å². The maximum absolute atomic E-state index is 12.6. The van der Waals surface area contributed by atoms with Gasteiger partial charge in [0.2, 0.25) is 15.9 Å². The van der Waals surface area contributed by atoms with Crippen LogP contribution in [0.4, 0.5) is 0 Å². The summed E-state index contributed by atoms with van der Waals surface area (Å²) < 4.78 is 27.3. The molecule has 1 amide bonds. The monoisotopic (exact) mass is 421 g/mol. The normalized spacial score (nSPS) is 20.6. The van der Waals surface area contributed by atoms with Gasteiger partial charge < -0.3 is 10.2 Å². The van der Waals surface area contributed by atoms with E-state index >= 15 is 0 Å². The molecule has 146 valence electrons. The van der Waals surface area contributed by atoms with E-state index in [4.69, 9.17) is 11.6 Å². The summed E-state index contributed by atoms with van der Waals surface area (Å²) in [7, 11) is -3.75. The van der Waals surface area contributed by atoms with Crippen LogP contribution in [0.5, 0.6) is 0 Å². The predicted molar refractivity (Wildman–Crippen MR) is 104 cm³/mol. The molecule has 0 radical (unpaired) electrons. The van der Waals surface area contributed by atoms with Crippen LogP contribution in [-0.2, 0) is 14.8 Å². The highest BCUT2D eigenvalue weighted by molar-refractivity contribution is 7.89. The van der Waals surface area contributed by atoms with Crippen molar-refractivity contribution in [1.82, 2.24) is 14.9 Å². The third kappa shape index (κ3) is 4.70. The minimum atomic E-state index is -3.75. The van der Waals surface area contributed by atoms with Gasteiger partial charge in [-0.25, -0.2) is 8.42 Å². The number of benzene rings is 1. The molecule has 1 unspecified atom stereocenters. The lowest BCUT2D eigenvalue weighted by Crippen LogP contribution is -2.51. The zero-order valence-corrected chi connectivity index (χ0v) is 17.1. The highest BCUT2D eigenvalue weighted by atomic mass is 35.5. The van der Waals surface area contributed by atoms with Crippen molar-refractivity contribution in [2.24, 2.45) is 5.41 Å². The predicted octanol–water partition coefficient (Wildman–Crippen LogP) is 2.03. The number of hydrogen-bond acceptors (Lipinski definition) is 4. The van der Waals surface area contributed by atoms with Gasteiger partial charge in [0.15, 0.2) is 0 Å². The van der Waals surface area contributed by atoms with Crippen molar-refractivity contribution in [2.45, 2.75) is 37.1 Å². The van der Waals surface area contributed by atoms with Crippen LogP contribution in [-0.4, -0.2) is 51.4 Å². The molecule has 6 nitrogen and oxygen atoms in total. The summed E-state index contributed by atoms with van der Waals surface area (Å²) >= 11 is 5.79. The van der Waals surface area contributed by atoms with E-state index in [0.717, 1.165) is 32.4 Å². The van der Waals surface area contributed by atoms with Crippen molar-refractivity contribution >= 4 is 39.9 Å². The Morgan fingerprint density at radius 3 is 2.38 bits per heavy atom. The number of carbonyl (C=O) groups excluding carboxylic acids is 1. The van der Waals surface area contributed by atoms with Crippen LogP contribution in [0.15, 0.2) is 29.2 Å². The number of carbonyl (C=O) groups is 1. The van der Waals surface area contributed by atoms with Gasteiger partial charge in [-0.1, -0.05) is 11.6 Å². The third-order valence-electron chi connectivity index (χ3n) is 5.29. The average Bonchev–Trinajstić information content (AvgIpc) is 3.03. The Balaban J connectivity index is 0.00000243. The van der Waals surface area contributed by atoms with E-state index in [0.29, 0.717) is 23.5 Å². The van der Waals surface area contributed by atoms with Crippen LogP contribution < -0.4 is 10.0 Å². The van der Waals surface area contributed by atoms with Gasteiger partial charge in [-0.15, -0.1) is 12.4 Å². The number of amides is 1. The first kappa shape index (κ1) is 21.4. The molecular formula is C17H25Cl2N3O3S. The van der Waals surface area contributed by atoms with E-state index in [9.17, 15) is 13.2 Å². The summed E-state index contributed by atoms with van der Waals surface area (Å²) in [5.41, 5.74) is 0.322. The van der Waals surface area contributed by atoms with Crippen LogP contribution in [0.2, 0.25) is 5.02 Å². The molecule has 1 aromatic carbocycles. The second-order valence-corrected chi connectivity index (χ2v) is 9.20. The van der Waals surface area contributed by atoms with Crippen molar-refractivity contribution in [3.05, 3.63) is 29.3 Å². The Labute approximate surface area is 166 Å². The average molecular weight is 422 g/mol. The highest BCUT2D eigenvalue weighted by Gasteiger charge is 2.39. The number of halogens is 2. The lowest BCUT2D eigenvalue weighted by Gasteiger charge is -2.39. The van der Waals surface area contributed by atoms with Gasteiger partial charge in [0.25, 0.3) is 0 Å². The summed E-state index contributed by atoms with van der Waals surface area (Å²) in [4.78, 5) is 14.5. The van der Waals surface area contributed by atoms with Gasteiger partial charge in [0, 0.05) is 24.7 Å². The molecule has 1 spiro atoms. The van der Waals surface area contributed by atoms with E-state index < -0.39 is 16.1 Å². The van der Waals surface area contributed by atoms with E-state index in [2.05, 4.69) is 10.0 Å². The van der Waals surface area contributed by atoms with Gasteiger partial charge in [-0.05, 0) is 62.4 Å². The second-order valence-electron chi connectivity index (χ2n) is 7.05. The second kappa shape index (κ2) is 8.44. The lowest BCUT2D eigenvalue weighted by molar-refractivity contribution is -0.134. The van der Waals surface area contributed by atoms with Crippen molar-refractivity contribution in [2.75, 3.05) is 26.2 Å². The molecule has 0 aliphatic carbocycles. The summed E-state index contributed by atoms with van der Waals surface area (Å²) in [5, 5.41) is 3.86. The fraction of sp³-hybridized carbons (Fsp3) is 0.588. The number of rotatable bonds is 4. The largest absolute Gasteiger partial charge is 0.341 e. The number of sulfonamides is 1. The topological polar surface area (TPSA) is 78.5 Å². The molecule has 2 N–H and O–H groups in total. The molecule has 9 heteroatoms. The lowest BCUT2D eigenvalue weighted by atomic mass is 9.78. The molecule has 26 heavy (non-hydrogen) atoms. The molecule has 2 saturated heterocycles. The number of nitrogens with zero attached hydrogens (tertiary/aromatic N) is 1. The summed E-state index contributed by atoms with van der Waals surface area (Å²) in [6, 6.07) is 5.10. The zero-order valence-electron chi connectivity index (χ0n) is 14.7. The minimum Gasteiger partial charge on any atom is -0.341 e. The van der Waals surface area contributed by atoms with Crippen molar-refractivity contribution < 1.29 is 13.2 Å². The number of nitrogens with one attached hydrogen (secondary N) is 2. The summed E-state index contributed by atoms with van der Waals surface area (Å²) in [6.45, 7) is 5.04. The van der Waals surface area contributed by atoms with E-state index in [1.54, 1.807) is 11.8 Å². The summed E-state index contributed by atoms with van der Waals surface area (Å²) in [5.74, 6) is -0.168. The van der Waals surface area contributed by atoms with Gasteiger partial charge in [-0.3, -0.25) is 4.79 Å². The minimum absolute atomic E-state index is 0. The Kier molecular flexibility index (Phi) is 6.96. The molecule has 1 aromatic rings. The quantitative estimate of drug-likeness (QED) is 0.779. The number of likely N-dealkylation sites (tertiary alicyclic amines) is 1. The molecule has 2 aliphatic heterocycles. The standard InChI is InChI=1S/C17H24ClN3O3S.ClH/c1-13(20-25(23,24)15-4-2-14(18)3-5-15)16(22)21-10-7-17(8-11-21)6-9-19-12-17;/h2-5,13,19-20H,6-12H2,1H3;1H. The SMILES string of the molecule is CC(NS(=O)(=O)c1ccc(Cl)cc1)C(=O)N1CCC2(CCNC2)CC1.Cl. The van der Waals surface area contributed by atoms with Crippen LogP contribution in [0.1, 0.15) is 26.2 Å². The highest BCUT2D eigenvalue weighted by Crippen LogP contribution is 2.37. The molecule has 2 heterocycles. The van der Waals surface area contributed by atoms with Crippen molar-refractivity contribution in [1.29, 1.82) is 0 Å². The Bertz CT molecular complexity index is 724. The maximum atomic E-state index is 12.6. The first-order chi connectivity index (χ1) is 11.8. The van der Waals surface area contributed by atoms with Crippen LogP contribution in [0.25, 0.3) is 0 Å². The van der Waals surface area contributed by atoms with E-state index in [-0.39, 0.29) is 23.2 Å². The molecule has 0 saturated carbocycles. The van der Waals surface area contributed by atoms with E-state index in [1.807, 2.05) is 0 Å². The number of piperidine rings is 1. The Morgan fingerprint density at radius 2 is 1.85 bits per heavy atom. The van der Waals surface area contributed by atoms with Gasteiger partial charge >= 0.3 is 0 Å². The number of hydrogen-bond donors (Lipinski definition) is 2. The fourth-order valence-electron chi connectivity index (χ4n) is 3.66. The molecule has 3 rings (SSSR count). The molecular weight excluding hydrogens is 397 g/mol. The first-order valence-corrected chi connectivity index (χ1v) is 10.4. The van der Waals surface area contributed by atoms with Crippen LogP contribution in [0, 0.1) is 5.41 Å². The summed E-state index contributed by atoms with van der Waals surface area (Å²) in [6.07, 6.45) is 3.11. The molecule has 2 fully saturated rings. The Morgan fingerprint density at radius 1 is 1.23 bits per heavy atom. The molecule has 0 aromatic heterocycles. The fourth-order valence-corrected chi connectivity index (χ4v) is 4.99.